The first-order chi connectivity index (χ1) is 14.2. The summed E-state index contributed by atoms with van der Waals surface area (Å²) in [7, 11) is 1.77. The van der Waals surface area contributed by atoms with Gasteiger partial charge in [0.15, 0.2) is 5.96 Å². The highest BCUT2D eigenvalue weighted by Gasteiger charge is 2.10. The Labute approximate surface area is 170 Å². The molecule has 0 unspecified atom stereocenters. The summed E-state index contributed by atoms with van der Waals surface area (Å²) in [5.41, 5.74) is 4.52. The Kier molecular flexibility index (Phi) is 5.61. The van der Waals surface area contributed by atoms with Crippen molar-refractivity contribution in [1.82, 2.24) is 20.2 Å². The highest BCUT2D eigenvalue weighted by Crippen LogP contribution is 2.24. The van der Waals surface area contributed by atoms with Crippen LogP contribution in [0.3, 0.4) is 0 Å². The van der Waals surface area contributed by atoms with E-state index in [-0.39, 0.29) is 0 Å². The zero-order valence-electron chi connectivity index (χ0n) is 16.7. The van der Waals surface area contributed by atoms with Crippen molar-refractivity contribution in [2.75, 3.05) is 7.05 Å². The number of guanidine groups is 1. The van der Waals surface area contributed by atoms with Gasteiger partial charge in [0.05, 0.1) is 12.9 Å². The standard InChI is InChI=1S/C23H25N5O/c1-17-20-8-3-4-9-21(20)29-22(17)14-27-23(24-2)26-13-18-6-5-7-19(12-18)15-28-11-10-25-16-28/h3-12,16H,13-15H2,1-2H3,(H2,24,26,27). The Morgan fingerprint density at radius 2 is 1.90 bits per heavy atom. The number of nitrogens with one attached hydrogen (secondary N) is 2. The number of hydrogen-bond donors (Lipinski definition) is 2. The molecule has 6 heteroatoms. The first kappa shape index (κ1) is 18.8. The van der Waals surface area contributed by atoms with Gasteiger partial charge in [-0.3, -0.25) is 4.99 Å². The second-order valence-corrected chi connectivity index (χ2v) is 6.98. The Morgan fingerprint density at radius 1 is 1.07 bits per heavy atom. The molecule has 4 aromatic rings. The minimum absolute atomic E-state index is 0.584. The average molecular weight is 387 g/mol. The van der Waals surface area contributed by atoms with Gasteiger partial charge in [-0.25, -0.2) is 4.98 Å². The molecule has 29 heavy (non-hydrogen) atoms. The number of nitrogens with zero attached hydrogens (tertiary/aromatic N) is 3. The monoisotopic (exact) mass is 387 g/mol. The van der Waals surface area contributed by atoms with Gasteiger partial charge in [0, 0.05) is 43.5 Å². The molecule has 0 bridgehead atoms. The van der Waals surface area contributed by atoms with Crippen molar-refractivity contribution >= 4 is 16.9 Å². The van der Waals surface area contributed by atoms with Crippen LogP contribution in [0.2, 0.25) is 0 Å². The van der Waals surface area contributed by atoms with Crippen molar-refractivity contribution in [2.24, 2.45) is 4.99 Å². The van der Waals surface area contributed by atoms with Crippen LogP contribution in [0.5, 0.6) is 0 Å². The molecular formula is C23H25N5O. The van der Waals surface area contributed by atoms with Gasteiger partial charge in [0.2, 0.25) is 0 Å². The van der Waals surface area contributed by atoms with Crippen molar-refractivity contribution in [2.45, 2.75) is 26.6 Å². The first-order valence-electron chi connectivity index (χ1n) is 9.68. The molecule has 0 aliphatic heterocycles. The minimum atomic E-state index is 0.584. The number of aromatic nitrogens is 2. The van der Waals surface area contributed by atoms with Crippen LogP contribution in [0.25, 0.3) is 11.0 Å². The van der Waals surface area contributed by atoms with E-state index in [0.29, 0.717) is 13.1 Å². The number of benzene rings is 2. The lowest BCUT2D eigenvalue weighted by molar-refractivity contribution is 0.534. The normalized spacial score (nSPS) is 11.7. The van der Waals surface area contributed by atoms with Gasteiger partial charge in [-0.1, -0.05) is 42.5 Å². The molecule has 2 aromatic heterocycles. The number of hydrogen-bond acceptors (Lipinski definition) is 3. The van der Waals surface area contributed by atoms with Crippen LogP contribution < -0.4 is 10.6 Å². The maximum absolute atomic E-state index is 5.97. The van der Waals surface area contributed by atoms with E-state index in [0.717, 1.165) is 34.8 Å². The van der Waals surface area contributed by atoms with E-state index in [1.165, 1.54) is 11.1 Å². The minimum Gasteiger partial charge on any atom is -0.459 e. The lowest BCUT2D eigenvalue weighted by Gasteiger charge is -2.12. The van der Waals surface area contributed by atoms with Crippen LogP contribution in [0.4, 0.5) is 0 Å². The zero-order chi connectivity index (χ0) is 20.1. The van der Waals surface area contributed by atoms with Gasteiger partial charge in [0.25, 0.3) is 0 Å². The molecule has 0 aliphatic rings. The van der Waals surface area contributed by atoms with Gasteiger partial charge in [0.1, 0.15) is 11.3 Å². The molecule has 4 rings (SSSR count). The highest BCUT2D eigenvalue weighted by molar-refractivity contribution is 5.82. The number of furan rings is 1. The van der Waals surface area contributed by atoms with E-state index in [1.807, 2.05) is 30.7 Å². The molecule has 0 fully saturated rings. The van der Waals surface area contributed by atoms with Crippen molar-refractivity contribution in [3.05, 3.63) is 89.7 Å². The summed E-state index contributed by atoms with van der Waals surface area (Å²) in [6.45, 7) is 4.17. The predicted octanol–water partition coefficient (Wildman–Crippen LogP) is 3.85. The van der Waals surface area contributed by atoms with E-state index in [1.54, 1.807) is 13.2 Å². The molecule has 2 aromatic carbocycles. The summed E-state index contributed by atoms with van der Waals surface area (Å²) in [5.74, 6) is 1.67. The molecule has 0 saturated heterocycles. The summed E-state index contributed by atoms with van der Waals surface area (Å²) in [5, 5.41) is 7.87. The van der Waals surface area contributed by atoms with Crippen LogP contribution in [0, 0.1) is 6.92 Å². The van der Waals surface area contributed by atoms with Gasteiger partial charge >= 0.3 is 0 Å². The van der Waals surface area contributed by atoms with Crippen LogP contribution in [0.15, 0.2) is 76.7 Å². The first-order valence-corrected chi connectivity index (χ1v) is 9.68. The predicted molar refractivity (Wildman–Crippen MR) is 116 cm³/mol. The van der Waals surface area contributed by atoms with Crippen LogP contribution >= 0.6 is 0 Å². The number of imidazole rings is 1. The van der Waals surface area contributed by atoms with Gasteiger partial charge in [-0.2, -0.15) is 0 Å². The second kappa shape index (κ2) is 8.65. The molecule has 0 radical (unpaired) electrons. The van der Waals surface area contributed by atoms with Gasteiger partial charge < -0.3 is 19.6 Å². The fraction of sp³-hybridized carbons (Fsp3) is 0.217. The van der Waals surface area contributed by atoms with E-state index in [4.69, 9.17) is 4.42 Å². The number of aliphatic imine (C=N–C) groups is 1. The largest absolute Gasteiger partial charge is 0.459 e. The summed E-state index contributed by atoms with van der Waals surface area (Å²) in [6, 6.07) is 16.6. The molecule has 0 amide bonds. The Bertz CT molecular complexity index is 1110. The van der Waals surface area contributed by atoms with E-state index in [9.17, 15) is 0 Å². The molecule has 0 atom stereocenters. The number of para-hydroxylation sites is 1. The Hall–Kier alpha value is -3.54. The van der Waals surface area contributed by atoms with Gasteiger partial charge in [-0.15, -0.1) is 0 Å². The molecule has 148 valence electrons. The van der Waals surface area contributed by atoms with Crippen molar-refractivity contribution in [1.29, 1.82) is 0 Å². The van der Waals surface area contributed by atoms with E-state index < -0.39 is 0 Å². The maximum atomic E-state index is 5.97. The lowest BCUT2D eigenvalue weighted by Crippen LogP contribution is -2.36. The number of rotatable bonds is 6. The topological polar surface area (TPSA) is 67.4 Å². The summed E-state index contributed by atoms with van der Waals surface area (Å²) < 4.78 is 8.03. The fourth-order valence-corrected chi connectivity index (χ4v) is 3.39. The van der Waals surface area contributed by atoms with Crippen molar-refractivity contribution < 1.29 is 4.42 Å². The Balaban J connectivity index is 1.35. The highest BCUT2D eigenvalue weighted by atomic mass is 16.3. The molecule has 6 nitrogen and oxygen atoms in total. The molecular weight excluding hydrogens is 362 g/mol. The molecule has 0 spiro atoms. The van der Waals surface area contributed by atoms with Crippen LogP contribution in [-0.4, -0.2) is 22.6 Å². The van der Waals surface area contributed by atoms with Gasteiger partial charge in [-0.05, 0) is 24.1 Å². The fourth-order valence-electron chi connectivity index (χ4n) is 3.39. The summed E-state index contributed by atoms with van der Waals surface area (Å²) >= 11 is 0. The van der Waals surface area contributed by atoms with E-state index >= 15 is 0 Å². The molecule has 0 aliphatic carbocycles. The summed E-state index contributed by atoms with van der Waals surface area (Å²) in [4.78, 5) is 8.42. The second-order valence-electron chi connectivity index (χ2n) is 6.98. The van der Waals surface area contributed by atoms with Crippen molar-refractivity contribution in [3.8, 4) is 0 Å². The average Bonchev–Trinajstić information content (AvgIpc) is 3.37. The quantitative estimate of drug-likeness (QED) is 0.390. The summed E-state index contributed by atoms with van der Waals surface area (Å²) in [6.07, 6.45) is 5.60. The van der Waals surface area contributed by atoms with Crippen LogP contribution in [-0.2, 0) is 19.6 Å². The number of aryl methyl sites for hydroxylation is 1. The molecule has 2 N–H and O–H groups in total. The molecule has 2 heterocycles. The van der Waals surface area contributed by atoms with E-state index in [2.05, 4.69) is 62.4 Å². The maximum Gasteiger partial charge on any atom is 0.191 e. The SMILES string of the molecule is CN=C(NCc1cccc(Cn2ccnc2)c1)NCc1oc2ccccc2c1C. The lowest BCUT2D eigenvalue weighted by atomic mass is 10.1. The molecule has 0 saturated carbocycles. The Morgan fingerprint density at radius 3 is 2.69 bits per heavy atom. The third-order valence-corrected chi connectivity index (χ3v) is 4.96. The zero-order valence-corrected chi connectivity index (χ0v) is 16.7. The van der Waals surface area contributed by atoms with Crippen LogP contribution in [0.1, 0.15) is 22.5 Å². The third-order valence-electron chi connectivity index (χ3n) is 4.96. The van der Waals surface area contributed by atoms with Crippen molar-refractivity contribution in [3.63, 3.8) is 0 Å². The third kappa shape index (κ3) is 4.48. The number of fused-ring (bicyclic) bond motifs is 1. The smallest absolute Gasteiger partial charge is 0.191 e.